The molecule has 3 rings (SSSR count). The van der Waals surface area contributed by atoms with Crippen molar-refractivity contribution in [3.63, 3.8) is 0 Å². The second-order valence-electron chi connectivity index (χ2n) is 8.19. The largest absolute Gasteiger partial charge is 0.493 e. The van der Waals surface area contributed by atoms with Gasteiger partial charge in [0.15, 0.2) is 17.2 Å². The molecule has 2 aromatic rings. The molecule has 1 amide bonds. The standard InChI is InChI=1S/C20H22F5N3O5S/c1-9-14(11-6-7-12(21)15(22)16(11)32-4)17(33-19(9,3)20(23,24)25)18(29)26-13-8-28(27-10(13)2)34(5,30)31/h6-9,14,17H,1-5H3,(H,26,29). The van der Waals surface area contributed by atoms with Crippen molar-refractivity contribution in [3.8, 4) is 5.75 Å². The molecule has 0 bridgehead atoms. The van der Waals surface area contributed by atoms with E-state index >= 15 is 0 Å². The molecule has 4 atom stereocenters. The van der Waals surface area contributed by atoms with Gasteiger partial charge in [0, 0.05) is 17.4 Å². The number of carbonyl (C=O) groups excluding carboxylic acids is 1. The minimum atomic E-state index is -4.91. The zero-order valence-corrected chi connectivity index (χ0v) is 19.5. The van der Waals surface area contributed by atoms with Crippen molar-refractivity contribution in [2.45, 2.75) is 44.6 Å². The van der Waals surface area contributed by atoms with E-state index in [1.54, 1.807) is 0 Å². The second-order valence-corrected chi connectivity index (χ2v) is 10.0. The topological polar surface area (TPSA) is 99.5 Å². The molecular weight excluding hydrogens is 489 g/mol. The Bertz CT molecular complexity index is 1230. The van der Waals surface area contributed by atoms with Crippen LogP contribution in [0, 0.1) is 24.5 Å². The number of methoxy groups -OCH3 is 1. The summed E-state index contributed by atoms with van der Waals surface area (Å²) in [7, 11) is -2.78. The summed E-state index contributed by atoms with van der Waals surface area (Å²) in [6.07, 6.45) is -4.88. The summed E-state index contributed by atoms with van der Waals surface area (Å²) in [5.41, 5.74) is -3.01. The van der Waals surface area contributed by atoms with Crippen LogP contribution in [0.4, 0.5) is 27.6 Å². The lowest BCUT2D eigenvalue weighted by Gasteiger charge is -2.32. The Morgan fingerprint density at radius 3 is 2.41 bits per heavy atom. The molecule has 1 N–H and O–H groups in total. The smallest absolute Gasteiger partial charge is 0.417 e. The van der Waals surface area contributed by atoms with E-state index < -0.39 is 63.0 Å². The molecule has 0 spiro atoms. The number of alkyl halides is 3. The minimum Gasteiger partial charge on any atom is -0.493 e. The highest BCUT2D eigenvalue weighted by atomic mass is 32.2. The zero-order valence-electron chi connectivity index (χ0n) is 18.7. The molecule has 0 radical (unpaired) electrons. The number of rotatable bonds is 5. The van der Waals surface area contributed by atoms with Gasteiger partial charge in [-0.2, -0.15) is 26.7 Å². The van der Waals surface area contributed by atoms with Crippen molar-refractivity contribution in [1.29, 1.82) is 0 Å². The fourth-order valence-corrected chi connectivity index (χ4v) is 4.54. The van der Waals surface area contributed by atoms with Crippen LogP contribution in [0.5, 0.6) is 5.75 Å². The van der Waals surface area contributed by atoms with Crippen molar-refractivity contribution >= 4 is 21.6 Å². The quantitative estimate of drug-likeness (QED) is 0.619. The molecular formula is C20H22F5N3O5S. The van der Waals surface area contributed by atoms with Crippen molar-refractivity contribution in [1.82, 2.24) is 9.19 Å². The SMILES string of the molecule is COc1c(C2C(C(=O)Nc3cn(S(C)(=O)=O)nc3C)OC(C)(C(F)(F)F)C2C)ccc(F)c1F. The van der Waals surface area contributed by atoms with Gasteiger partial charge in [0.25, 0.3) is 15.9 Å². The average Bonchev–Trinajstić information content (AvgIpc) is 3.22. The van der Waals surface area contributed by atoms with E-state index in [0.717, 1.165) is 38.6 Å². The van der Waals surface area contributed by atoms with Crippen LogP contribution in [-0.4, -0.2) is 54.8 Å². The second kappa shape index (κ2) is 8.48. The van der Waals surface area contributed by atoms with Crippen molar-refractivity contribution in [2.24, 2.45) is 5.92 Å². The first kappa shape index (κ1) is 25.9. The van der Waals surface area contributed by atoms with Crippen LogP contribution in [0.3, 0.4) is 0 Å². The molecule has 14 heteroatoms. The number of nitrogens with one attached hydrogen (secondary N) is 1. The summed E-state index contributed by atoms with van der Waals surface area (Å²) in [4.78, 5) is 13.1. The molecule has 0 saturated carbocycles. The van der Waals surface area contributed by atoms with Crippen LogP contribution in [-0.2, 0) is 19.6 Å². The number of carbonyl (C=O) groups is 1. The molecule has 1 fully saturated rings. The number of anilines is 1. The van der Waals surface area contributed by atoms with Gasteiger partial charge < -0.3 is 14.8 Å². The third-order valence-corrected chi connectivity index (χ3v) is 6.91. The Hall–Kier alpha value is -2.74. The minimum absolute atomic E-state index is 0.0744. The number of halogens is 5. The molecule has 4 unspecified atom stereocenters. The van der Waals surface area contributed by atoms with Crippen LogP contribution in [0.15, 0.2) is 18.3 Å². The first-order valence-corrected chi connectivity index (χ1v) is 11.7. The highest BCUT2D eigenvalue weighted by Crippen LogP contribution is 2.55. The lowest BCUT2D eigenvalue weighted by molar-refractivity contribution is -0.272. The first-order chi connectivity index (χ1) is 15.5. The van der Waals surface area contributed by atoms with Crippen LogP contribution in [0.25, 0.3) is 0 Å². The lowest BCUT2D eigenvalue weighted by atomic mass is 9.77. The highest BCUT2D eigenvalue weighted by molar-refractivity contribution is 7.89. The van der Waals surface area contributed by atoms with E-state index in [0.29, 0.717) is 4.09 Å². The normalized spacial score (nSPS) is 25.4. The molecule has 34 heavy (non-hydrogen) atoms. The van der Waals surface area contributed by atoms with E-state index in [9.17, 15) is 35.2 Å². The van der Waals surface area contributed by atoms with Crippen LogP contribution >= 0.6 is 0 Å². The first-order valence-electron chi connectivity index (χ1n) is 9.87. The van der Waals surface area contributed by atoms with Gasteiger partial charge in [-0.3, -0.25) is 4.79 Å². The zero-order chi connectivity index (χ0) is 25.8. The Labute approximate surface area is 192 Å². The molecule has 2 heterocycles. The van der Waals surface area contributed by atoms with E-state index in [4.69, 9.17) is 9.47 Å². The maximum atomic E-state index is 14.4. The van der Waals surface area contributed by atoms with Gasteiger partial charge in [0.1, 0.15) is 6.10 Å². The number of aromatic nitrogens is 2. The molecule has 1 aliphatic heterocycles. The molecule has 1 aromatic heterocycles. The van der Waals surface area contributed by atoms with Crippen LogP contribution in [0.1, 0.15) is 31.0 Å². The summed E-state index contributed by atoms with van der Waals surface area (Å²) in [5.74, 6) is -7.24. The van der Waals surface area contributed by atoms with Gasteiger partial charge >= 0.3 is 6.18 Å². The van der Waals surface area contributed by atoms with Gasteiger partial charge in [-0.05, 0) is 19.9 Å². The number of benzene rings is 1. The Kier molecular flexibility index (Phi) is 6.46. The van der Waals surface area contributed by atoms with Gasteiger partial charge in [0.2, 0.25) is 5.82 Å². The summed E-state index contributed by atoms with van der Waals surface area (Å²) >= 11 is 0. The number of hydrogen-bond donors (Lipinski definition) is 1. The predicted octanol–water partition coefficient (Wildman–Crippen LogP) is 3.36. The monoisotopic (exact) mass is 511 g/mol. The van der Waals surface area contributed by atoms with Crippen molar-refractivity contribution in [2.75, 3.05) is 18.7 Å². The number of hydrogen-bond acceptors (Lipinski definition) is 6. The Balaban J connectivity index is 2.09. The molecule has 1 saturated heterocycles. The maximum Gasteiger partial charge on any atom is 0.417 e. The molecule has 1 aromatic carbocycles. The molecule has 188 valence electrons. The third-order valence-electron chi connectivity index (χ3n) is 6.05. The summed E-state index contributed by atoms with van der Waals surface area (Å²) in [5, 5.41) is 6.08. The Morgan fingerprint density at radius 2 is 1.91 bits per heavy atom. The molecule has 8 nitrogen and oxygen atoms in total. The van der Waals surface area contributed by atoms with Crippen molar-refractivity contribution in [3.05, 3.63) is 41.2 Å². The van der Waals surface area contributed by atoms with Gasteiger partial charge in [-0.1, -0.05) is 13.0 Å². The van der Waals surface area contributed by atoms with Crippen LogP contribution < -0.4 is 10.1 Å². The average molecular weight is 511 g/mol. The fourth-order valence-electron chi connectivity index (χ4n) is 3.97. The summed E-state index contributed by atoms with van der Waals surface area (Å²) in [6.45, 7) is 3.32. The van der Waals surface area contributed by atoms with E-state index in [-0.39, 0.29) is 16.9 Å². The highest BCUT2D eigenvalue weighted by Gasteiger charge is 2.66. The summed E-state index contributed by atoms with van der Waals surface area (Å²) in [6, 6.07) is 1.76. The van der Waals surface area contributed by atoms with E-state index in [2.05, 4.69) is 10.4 Å². The van der Waals surface area contributed by atoms with Crippen LogP contribution in [0.2, 0.25) is 0 Å². The number of nitrogens with zero attached hydrogens (tertiary/aromatic N) is 2. The van der Waals surface area contributed by atoms with Gasteiger partial charge in [-0.15, -0.1) is 0 Å². The summed E-state index contributed by atoms with van der Waals surface area (Å²) < 4.78 is 104. The van der Waals surface area contributed by atoms with E-state index in [1.807, 2.05) is 0 Å². The lowest BCUT2D eigenvalue weighted by Crippen LogP contribution is -2.47. The van der Waals surface area contributed by atoms with Gasteiger partial charge in [-0.25, -0.2) is 12.8 Å². The molecule has 0 aliphatic carbocycles. The number of aryl methyl sites for hydroxylation is 1. The Morgan fingerprint density at radius 1 is 1.29 bits per heavy atom. The number of amides is 1. The van der Waals surface area contributed by atoms with Crippen molar-refractivity contribution < 1.29 is 44.6 Å². The molecule has 1 aliphatic rings. The third kappa shape index (κ3) is 4.24. The predicted molar refractivity (Wildman–Crippen MR) is 110 cm³/mol. The number of ether oxygens (including phenoxy) is 2. The maximum absolute atomic E-state index is 14.4. The van der Waals surface area contributed by atoms with Gasteiger partial charge in [0.05, 0.1) is 30.9 Å². The fraction of sp³-hybridized carbons (Fsp3) is 0.500. The van der Waals surface area contributed by atoms with E-state index in [1.165, 1.54) is 13.8 Å².